The number of benzene rings is 2. The predicted octanol–water partition coefficient (Wildman–Crippen LogP) is 4.02. The second-order valence-corrected chi connectivity index (χ2v) is 5.13. The van der Waals surface area contributed by atoms with Gasteiger partial charge in [0.2, 0.25) is 0 Å². The average Bonchev–Trinajstić information content (AvgIpc) is 2.97. The summed E-state index contributed by atoms with van der Waals surface area (Å²) in [5.74, 6) is 0.521. The van der Waals surface area contributed by atoms with Gasteiger partial charge in [-0.25, -0.2) is 4.39 Å². The second-order valence-electron chi connectivity index (χ2n) is 4.15. The minimum Gasteiger partial charge on any atom is -0.497 e. The van der Waals surface area contributed by atoms with Crippen molar-refractivity contribution in [1.82, 2.24) is 10.2 Å². The molecule has 0 N–H and O–H groups in total. The third-order valence-corrected chi connectivity index (χ3v) is 3.85. The maximum absolute atomic E-state index is 13.2. The normalized spacial score (nSPS) is 10.5. The average molecular weight is 286 g/mol. The van der Waals surface area contributed by atoms with Crippen LogP contribution in [0.1, 0.15) is 0 Å². The maximum Gasteiger partial charge on any atom is 0.148 e. The summed E-state index contributed by atoms with van der Waals surface area (Å²) in [6, 6.07) is 14.0. The van der Waals surface area contributed by atoms with Gasteiger partial charge in [-0.15, -0.1) is 10.2 Å². The summed E-state index contributed by atoms with van der Waals surface area (Å²) >= 11 is 1.43. The highest BCUT2D eigenvalue weighted by molar-refractivity contribution is 7.17. The van der Waals surface area contributed by atoms with Crippen LogP contribution in [0.4, 0.5) is 4.39 Å². The summed E-state index contributed by atoms with van der Waals surface area (Å²) in [7, 11) is 1.63. The quantitative estimate of drug-likeness (QED) is 0.729. The zero-order valence-electron chi connectivity index (χ0n) is 10.7. The summed E-state index contributed by atoms with van der Waals surface area (Å²) in [5.41, 5.74) is 1.70. The minimum absolute atomic E-state index is 0.274. The molecule has 0 aliphatic rings. The Hall–Kier alpha value is -2.27. The lowest BCUT2D eigenvalue weighted by molar-refractivity contribution is 0.415. The smallest absolute Gasteiger partial charge is 0.148 e. The van der Waals surface area contributed by atoms with E-state index >= 15 is 0 Å². The minimum atomic E-state index is -0.274. The van der Waals surface area contributed by atoms with Gasteiger partial charge in [-0.05, 0) is 36.4 Å². The van der Waals surface area contributed by atoms with E-state index in [0.717, 1.165) is 21.9 Å². The van der Waals surface area contributed by atoms with Gasteiger partial charge in [0.15, 0.2) is 0 Å². The summed E-state index contributed by atoms with van der Waals surface area (Å²) in [5, 5.41) is 9.77. The van der Waals surface area contributed by atoms with Crippen molar-refractivity contribution < 1.29 is 9.13 Å². The molecule has 0 aliphatic heterocycles. The third kappa shape index (κ3) is 2.53. The SMILES string of the molecule is COc1ccc(-c2nnc(-c3cccc(F)c3)s2)cc1. The molecule has 0 amide bonds. The van der Waals surface area contributed by atoms with Gasteiger partial charge in [0.1, 0.15) is 21.6 Å². The fourth-order valence-corrected chi connectivity index (χ4v) is 2.66. The number of halogens is 1. The number of aromatic nitrogens is 2. The zero-order chi connectivity index (χ0) is 13.9. The van der Waals surface area contributed by atoms with E-state index in [9.17, 15) is 4.39 Å². The van der Waals surface area contributed by atoms with Crippen molar-refractivity contribution in [2.45, 2.75) is 0 Å². The summed E-state index contributed by atoms with van der Waals surface area (Å²) < 4.78 is 18.3. The Kier molecular flexibility index (Phi) is 3.43. The Balaban J connectivity index is 1.93. The number of hydrogen-bond donors (Lipinski definition) is 0. The first kappa shape index (κ1) is 12.7. The molecule has 3 nitrogen and oxygen atoms in total. The molecule has 0 saturated heterocycles. The fourth-order valence-electron chi connectivity index (χ4n) is 1.81. The first-order valence-corrected chi connectivity index (χ1v) is 6.82. The molecule has 0 aliphatic carbocycles. The van der Waals surface area contributed by atoms with Crippen molar-refractivity contribution in [3.05, 3.63) is 54.3 Å². The second kappa shape index (κ2) is 5.38. The fraction of sp³-hybridized carbons (Fsp3) is 0.0667. The summed E-state index contributed by atoms with van der Waals surface area (Å²) in [4.78, 5) is 0. The highest BCUT2D eigenvalue weighted by Crippen LogP contribution is 2.30. The number of nitrogens with zero attached hydrogens (tertiary/aromatic N) is 2. The number of ether oxygens (including phenoxy) is 1. The van der Waals surface area contributed by atoms with Gasteiger partial charge < -0.3 is 4.74 Å². The third-order valence-electron chi connectivity index (χ3n) is 2.83. The summed E-state index contributed by atoms with van der Waals surface area (Å²) in [6.07, 6.45) is 0. The van der Waals surface area contributed by atoms with Gasteiger partial charge >= 0.3 is 0 Å². The molecule has 0 spiro atoms. The van der Waals surface area contributed by atoms with Crippen LogP contribution in [-0.2, 0) is 0 Å². The lowest BCUT2D eigenvalue weighted by Crippen LogP contribution is -1.82. The van der Waals surface area contributed by atoms with Crippen molar-refractivity contribution in [2.75, 3.05) is 7.11 Å². The Morgan fingerprint density at radius 3 is 2.30 bits per heavy atom. The van der Waals surface area contributed by atoms with E-state index in [1.807, 2.05) is 30.3 Å². The molecule has 0 atom stereocenters. The van der Waals surface area contributed by atoms with Crippen LogP contribution in [0.2, 0.25) is 0 Å². The van der Waals surface area contributed by atoms with Crippen molar-refractivity contribution in [3.63, 3.8) is 0 Å². The Morgan fingerprint density at radius 2 is 1.65 bits per heavy atom. The predicted molar refractivity (Wildman–Crippen MR) is 77.3 cm³/mol. The molecule has 0 radical (unpaired) electrons. The monoisotopic (exact) mass is 286 g/mol. The molecule has 2 aromatic carbocycles. The molecular formula is C15H11FN2OS. The highest BCUT2D eigenvalue weighted by Gasteiger charge is 2.09. The number of hydrogen-bond acceptors (Lipinski definition) is 4. The van der Waals surface area contributed by atoms with Crippen LogP contribution in [-0.4, -0.2) is 17.3 Å². The van der Waals surface area contributed by atoms with Gasteiger partial charge in [-0.2, -0.15) is 0 Å². The van der Waals surface area contributed by atoms with Gasteiger partial charge in [0.05, 0.1) is 7.11 Å². The van der Waals surface area contributed by atoms with E-state index in [1.54, 1.807) is 13.2 Å². The van der Waals surface area contributed by atoms with E-state index < -0.39 is 0 Å². The molecule has 3 rings (SSSR count). The van der Waals surface area contributed by atoms with E-state index in [-0.39, 0.29) is 5.82 Å². The molecule has 1 aromatic heterocycles. The van der Waals surface area contributed by atoms with E-state index in [1.165, 1.54) is 23.5 Å². The maximum atomic E-state index is 13.2. The first-order valence-electron chi connectivity index (χ1n) is 6.00. The lowest BCUT2D eigenvalue weighted by atomic mass is 10.2. The molecule has 5 heteroatoms. The van der Waals surface area contributed by atoms with Crippen molar-refractivity contribution in [2.24, 2.45) is 0 Å². The van der Waals surface area contributed by atoms with E-state index in [2.05, 4.69) is 10.2 Å². The van der Waals surface area contributed by atoms with Crippen molar-refractivity contribution in [3.8, 4) is 26.9 Å². The lowest BCUT2D eigenvalue weighted by Gasteiger charge is -1.99. The molecule has 1 heterocycles. The van der Waals surface area contributed by atoms with Gasteiger partial charge in [-0.1, -0.05) is 23.5 Å². The Labute approximate surface area is 119 Å². The van der Waals surface area contributed by atoms with Crippen LogP contribution in [0.5, 0.6) is 5.75 Å². The van der Waals surface area contributed by atoms with Crippen LogP contribution in [0.15, 0.2) is 48.5 Å². The van der Waals surface area contributed by atoms with Crippen LogP contribution in [0.3, 0.4) is 0 Å². The van der Waals surface area contributed by atoms with E-state index in [0.29, 0.717) is 5.01 Å². The summed E-state index contributed by atoms with van der Waals surface area (Å²) in [6.45, 7) is 0. The van der Waals surface area contributed by atoms with Crippen LogP contribution < -0.4 is 4.74 Å². The van der Waals surface area contributed by atoms with Crippen LogP contribution >= 0.6 is 11.3 Å². The topological polar surface area (TPSA) is 35.0 Å². The molecule has 0 bridgehead atoms. The van der Waals surface area contributed by atoms with E-state index in [4.69, 9.17) is 4.74 Å². The van der Waals surface area contributed by atoms with Crippen molar-refractivity contribution in [1.29, 1.82) is 0 Å². The molecule has 20 heavy (non-hydrogen) atoms. The number of rotatable bonds is 3. The largest absolute Gasteiger partial charge is 0.497 e. The molecular weight excluding hydrogens is 275 g/mol. The van der Waals surface area contributed by atoms with Crippen LogP contribution in [0.25, 0.3) is 21.1 Å². The number of methoxy groups -OCH3 is 1. The molecule has 100 valence electrons. The molecule has 3 aromatic rings. The molecule has 0 saturated carbocycles. The molecule has 0 unspecified atom stereocenters. The molecule has 0 fully saturated rings. The Morgan fingerprint density at radius 1 is 0.950 bits per heavy atom. The Bertz CT molecular complexity index is 725. The standard InChI is InChI=1S/C15H11FN2OS/c1-19-13-7-5-10(6-8-13)14-17-18-15(20-14)11-3-2-4-12(16)9-11/h2-9H,1H3. The van der Waals surface area contributed by atoms with Gasteiger partial charge in [0.25, 0.3) is 0 Å². The van der Waals surface area contributed by atoms with Gasteiger partial charge in [0, 0.05) is 11.1 Å². The highest BCUT2D eigenvalue weighted by atomic mass is 32.1. The van der Waals surface area contributed by atoms with Crippen LogP contribution in [0, 0.1) is 5.82 Å². The first-order chi connectivity index (χ1) is 9.76. The van der Waals surface area contributed by atoms with Crippen molar-refractivity contribution >= 4 is 11.3 Å². The van der Waals surface area contributed by atoms with Gasteiger partial charge in [-0.3, -0.25) is 0 Å². The zero-order valence-corrected chi connectivity index (χ0v) is 11.5.